The molecule has 6 nitrogen and oxygen atoms in total. The molecule has 7 heteroatoms. The number of carbonyl (C=O) groups is 1. The van der Waals surface area contributed by atoms with Crippen LogP contribution in [-0.2, 0) is 11.3 Å². The third kappa shape index (κ3) is 2.72. The molecule has 1 aromatic carbocycles. The lowest BCUT2D eigenvalue weighted by atomic mass is 10.1. The number of nitriles is 2. The average Bonchev–Trinajstić information content (AvgIpc) is 2.90. The normalized spacial score (nSPS) is 9.71. The van der Waals surface area contributed by atoms with Crippen LogP contribution in [-0.4, -0.2) is 22.6 Å². The van der Waals surface area contributed by atoms with Gasteiger partial charge in [0.15, 0.2) is 11.4 Å². The number of hydrogen-bond donors (Lipinski definition) is 0. The second kappa shape index (κ2) is 5.85. The van der Waals surface area contributed by atoms with Gasteiger partial charge in [-0.2, -0.15) is 10.5 Å². The van der Waals surface area contributed by atoms with Gasteiger partial charge in [0.25, 0.3) is 0 Å². The van der Waals surface area contributed by atoms with E-state index in [4.69, 9.17) is 10.5 Å². The van der Waals surface area contributed by atoms with Crippen molar-refractivity contribution in [1.82, 2.24) is 9.55 Å². The maximum atomic E-state index is 13.8. The van der Waals surface area contributed by atoms with Crippen molar-refractivity contribution < 1.29 is 13.9 Å². The van der Waals surface area contributed by atoms with E-state index in [1.807, 2.05) is 6.07 Å². The van der Waals surface area contributed by atoms with E-state index in [1.54, 1.807) is 6.07 Å². The molecule has 0 unspecified atom stereocenters. The number of carbonyl (C=O) groups excluding carboxylic acids is 1. The number of nitrogens with zero attached hydrogens (tertiary/aromatic N) is 4. The topological polar surface area (TPSA) is 91.7 Å². The Kier molecular flexibility index (Phi) is 3.96. The summed E-state index contributed by atoms with van der Waals surface area (Å²) >= 11 is 0. The summed E-state index contributed by atoms with van der Waals surface area (Å²) in [6, 6.07) is 7.43. The Morgan fingerprint density at radius 1 is 1.43 bits per heavy atom. The molecule has 0 N–H and O–H groups in total. The third-order valence-corrected chi connectivity index (χ3v) is 2.86. The molecule has 0 saturated heterocycles. The van der Waals surface area contributed by atoms with Gasteiger partial charge < -0.3 is 9.30 Å². The molecule has 104 valence electrons. The van der Waals surface area contributed by atoms with Gasteiger partial charge in [-0.25, -0.2) is 14.2 Å². The van der Waals surface area contributed by atoms with Gasteiger partial charge in [0.2, 0.25) is 0 Å². The van der Waals surface area contributed by atoms with Crippen molar-refractivity contribution in [1.29, 1.82) is 10.5 Å². The second-order valence-electron chi connectivity index (χ2n) is 4.09. The molecule has 1 aromatic heterocycles. The van der Waals surface area contributed by atoms with Crippen LogP contribution in [0, 0.1) is 28.5 Å². The summed E-state index contributed by atoms with van der Waals surface area (Å²) in [4.78, 5) is 15.2. The molecule has 0 spiro atoms. The quantitative estimate of drug-likeness (QED) is 0.798. The van der Waals surface area contributed by atoms with Crippen LogP contribution < -0.4 is 0 Å². The summed E-state index contributed by atoms with van der Waals surface area (Å²) in [5, 5.41) is 17.8. The number of hydrogen-bond acceptors (Lipinski definition) is 5. The highest BCUT2D eigenvalue weighted by atomic mass is 19.1. The molecule has 0 radical (unpaired) electrons. The first-order chi connectivity index (χ1) is 10.1. The van der Waals surface area contributed by atoms with Crippen LogP contribution in [0.5, 0.6) is 0 Å². The van der Waals surface area contributed by atoms with Crippen molar-refractivity contribution in [2.75, 3.05) is 7.11 Å². The highest BCUT2D eigenvalue weighted by Gasteiger charge is 2.14. The zero-order valence-corrected chi connectivity index (χ0v) is 11.0. The van der Waals surface area contributed by atoms with E-state index in [1.165, 1.54) is 30.1 Å². The third-order valence-electron chi connectivity index (χ3n) is 2.86. The van der Waals surface area contributed by atoms with Crippen LogP contribution in [0.15, 0.2) is 24.5 Å². The lowest BCUT2D eigenvalue weighted by Gasteiger charge is -2.07. The minimum atomic E-state index is -0.583. The Morgan fingerprint density at radius 3 is 2.81 bits per heavy atom. The zero-order valence-electron chi connectivity index (χ0n) is 11.0. The molecule has 21 heavy (non-hydrogen) atoms. The predicted octanol–water partition coefficient (Wildman–Crippen LogP) is 1.60. The number of benzene rings is 1. The van der Waals surface area contributed by atoms with Crippen molar-refractivity contribution in [2.24, 2.45) is 0 Å². The number of rotatable bonds is 3. The van der Waals surface area contributed by atoms with Crippen LogP contribution in [0.3, 0.4) is 0 Å². The predicted molar refractivity (Wildman–Crippen MR) is 68.5 cm³/mol. The van der Waals surface area contributed by atoms with Gasteiger partial charge >= 0.3 is 5.97 Å². The Morgan fingerprint density at radius 2 is 2.19 bits per heavy atom. The van der Waals surface area contributed by atoms with Crippen molar-refractivity contribution >= 4 is 5.97 Å². The molecule has 0 atom stereocenters. The molecule has 1 heterocycles. The van der Waals surface area contributed by atoms with Crippen molar-refractivity contribution in [3.63, 3.8) is 0 Å². The van der Waals surface area contributed by atoms with Crippen molar-refractivity contribution in [3.05, 3.63) is 52.9 Å². The molecule has 0 amide bonds. The molecular formula is C14H9FN4O2. The van der Waals surface area contributed by atoms with Crippen LogP contribution in [0.25, 0.3) is 0 Å². The molecular weight excluding hydrogens is 275 g/mol. The maximum Gasteiger partial charge on any atom is 0.337 e. The fourth-order valence-electron chi connectivity index (χ4n) is 1.83. The van der Waals surface area contributed by atoms with Crippen molar-refractivity contribution in [3.8, 4) is 12.1 Å². The average molecular weight is 284 g/mol. The Balaban J connectivity index is 2.41. The standard InChI is InChI=1S/C14H9FN4O2/c1-21-14(20)9-2-3-11(15)10(4-9)7-19-8-18-12(5-16)13(19)6-17/h2-4,8H,7H2,1H3. The molecule has 0 fully saturated rings. The first-order valence-corrected chi connectivity index (χ1v) is 5.82. The summed E-state index contributed by atoms with van der Waals surface area (Å²) in [6.45, 7) is -0.0196. The summed E-state index contributed by atoms with van der Waals surface area (Å²) in [7, 11) is 1.23. The lowest BCUT2D eigenvalue weighted by Crippen LogP contribution is -2.07. The summed E-state index contributed by atoms with van der Waals surface area (Å²) < 4.78 is 19.7. The molecule has 0 bridgehead atoms. The largest absolute Gasteiger partial charge is 0.465 e. The number of methoxy groups -OCH3 is 1. The van der Waals surface area contributed by atoms with E-state index in [0.29, 0.717) is 0 Å². The van der Waals surface area contributed by atoms with Gasteiger partial charge in [-0.1, -0.05) is 0 Å². The van der Waals surface area contributed by atoms with E-state index >= 15 is 0 Å². The number of esters is 1. The second-order valence-corrected chi connectivity index (χ2v) is 4.09. The molecule has 2 aromatic rings. The van der Waals surface area contributed by atoms with Crippen LogP contribution in [0.1, 0.15) is 27.3 Å². The van der Waals surface area contributed by atoms with Gasteiger partial charge in [-0.15, -0.1) is 0 Å². The Labute approximate surface area is 119 Å². The Hall–Kier alpha value is -3.19. The van der Waals surface area contributed by atoms with Gasteiger partial charge in [0, 0.05) is 5.56 Å². The summed E-state index contributed by atoms with van der Waals surface area (Å²) in [5.41, 5.74) is 0.409. The van der Waals surface area contributed by atoms with Gasteiger partial charge in [0.05, 0.1) is 25.5 Å². The van der Waals surface area contributed by atoms with E-state index < -0.39 is 11.8 Å². The monoisotopic (exact) mass is 284 g/mol. The number of imidazole rings is 1. The summed E-state index contributed by atoms with van der Waals surface area (Å²) in [5.74, 6) is -1.11. The number of ether oxygens (including phenoxy) is 1. The highest BCUT2D eigenvalue weighted by Crippen LogP contribution is 2.15. The maximum absolute atomic E-state index is 13.8. The molecule has 2 rings (SSSR count). The van der Waals surface area contributed by atoms with E-state index in [9.17, 15) is 9.18 Å². The van der Waals surface area contributed by atoms with E-state index in [2.05, 4.69) is 9.72 Å². The molecule has 0 saturated carbocycles. The molecule has 0 aliphatic heterocycles. The number of aromatic nitrogens is 2. The first kappa shape index (κ1) is 14.2. The van der Waals surface area contributed by atoms with Crippen LogP contribution in [0.2, 0.25) is 0 Å². The fourth-order valence-corrected chi connectivity index (χ4v) is 1.83. The number of halogens is 1. The molecule has 0 aliphatic carbocycles. The highest BCUT2D eigenvalue weighted by molar-refractivity contribution is 5.89. The fraction of sp³-hybridized carbons (Fsp3) is 0.143. The first-order valence-electron chi connectivity index (χ1n) is 5.82. The van der Waals surface area contributed by atoms with E-state index in [-0.39, 0.29) is 29.1 Å². The minimum absolute atomic E-state index is 0.0196. The van der Waals surface area contributed by atoms with Gasteiger partial charge in [-0.05, 0) is 18.2 Å². The minimum Gasteiger partial charge on any atom is -0.465 e. The smallest absolute Gasteiger partial charge is 0.337 e. The zero-order chi connectivity index (χ0) is 15.4. The Bertz CT molecular complexity index is 783. The summed E-state index contributed by atoms with van der Waals surface area (Å²) in [6.07, 6.45) is 1.28. The van der Waals surface area contributed by atoms with Gasteiger partial charge in [-0.3, -0.25) is 0 Å². The lowest BCUT2D eigenvalue weighted by molar-refractivity contribution is 0.0600. The van der Waals surface area contributed by atoms with E-state index in [0.717, 1.165) is 6.07 Å². The SMILES string of the molecule is COC(=O)c1ccc(F)c(Cn2cnc(C#N)c2C#N)c1. The van der Waals surface area contributed by atoms with Gasteiger partial charge in [0.1, 0.15) is 18.0 Å². The van der Waals surface area contributed by atoms with Crippen molar-refractivity contribution in [2.45, 2.75) is 6.54 Å². The molecule has 0 aliphatic rings. The van der Waals surface area contributed by atoms with Crippen LogP contribution in [0.4, 0.5) is 4.39 Å². The van der Waals surface area contributed by atoms with Crippen LogP contribution >= 0.6 is 0 Å².